The average molecular weight is 457 g/mol. The Morgan fingerprint density at radius 3 is 2.06 bits per heavy atom. The van der Waals surface area contributed by atoms with Crippen molar-refractivity contribution < 1.29 is 18.8 Å². The number of carbonyl (C=O) groups excluding carboxylic acids is 1. The number of anilines is 1. The molecule has 0 bridgehead atoms. The predicted molar refractivity (Wildman–Crippen MR) is 132 cm³/mol. The minimum atomic E-state index is -0.416. The highest BCUT2D eigenvalue weighted by Gasteiger charge is 2.51. The van der Waals surface area contributed by atoms with Crippen LogP contribution in [0.5, 0.6) is 0 Å². The number of hydrogen-bond donors (Lipinski definition) is 0. The van der Waals surface area contributed by atoms with Crippen LogP contribution in [-0.4, -0.2) is 91.5 Å². The molecule has 4 rings (SSSR count). The number of nitrogens with zero attached hydrogens (tertiary/aromatic N) is 3. The topological polar surface area (TPSA) is 54.5 Å². The molecule has 33 heavy (non-hydrogen) atoms. The van der Waals surface area contributed by atoms with E-state index in [9.17, 15) is 4.79 Å². The minimum Gasteiger partial charge on any atom is -0.459 e. The monoisotopic (exact) mass is 457 g/mol. The van der Waals surface area contributed by atoms with Crippen molar-refractivity contribution in [2.24, 2.45) is 0 Å². The standard InChI is InChI=1S/C25H40BN3O4/c1-23(2,3)31-22(30)18-27-16-21(17-27)29-14-12-28(13-15-29)20-10-8-19(9-11-20)26-32-24(4,5)25(6,7)33-26/h8-11,21H,12-18H2,1-7H3. The molecule has 8 heteroatoms. The summed E-state index contributed by atoms with van der Waals surface area (Å²) in [5.74, 6) is -0.130. The molecule has 7 nitrogen and oxygen atoms in total. The van der Waals surface area contributed by atoms with Gasteiger partial charge >= 0.3 is 13.1 Å². The molecule has 182 valence electrons. The highest BCUT2D eigenvalue weighted by Crippen LogP contribution is 2.36. The fourth-order valence-corrected chi connectivity index (χ4v) is 4.63. The molecule has 0 unspecified atom stereocenters. The van der Waals surface area contributed by atoms with Crippen molar-refractivity contribution >= 4 is 24.2 Å². The zero-order valence-corrected chi connectivity index (χ0v) is 21.4. The number of carbonyl (C=O) groups is 1. The highest BCUT2D eigenvalue weighted by atomic mass is 16.7. The molecule has 1 aromatic carbocycles. The Morgan fingerprint density at radius 1 is 1.00 bits per heavy atom. The van der Waals surface area contributed by atoms with Crippen LogP contribution in [-0.2, 0) is 18.8 Å². The van der Waals surface area contributed by atoms with Crippen LogP contribution in [0.25, 0.3) is 0 Å². The van der Waals surface area contributed by atoms with Crippen molar-refractivity contribution in [3.63, 3.8) is 0 Å². The van der Waals surface area contributed by atoms with Crippen molar-refractivity contribution in [2.75, 3.05) is 50.7 Å². The Morgan fingerprint density at radius 2 is 1.55 bits per heavy atom. The lowest BCUT2D eigenvalue weighted by molar-refractivity contribution is -0.158. The van der Waals surface area contributed by atoms with Crippen LogP contribution in [0, 0.1) is 0 Å². The van der Waals surface area contributed by atoms with Gasteiger partial charge in [0.25, 0.3) is 0 Å². The van der Waals surface area contributed by atoms with Gasteiger partial charge in [0.15, 0.2) is 0 Å². The maximum atomic E-state index is 12.0. The van der Waals surface area contributed by atoms with Crippen molar-refractivity contribution in [1.82, 2.24) is 9.80 Å². The van der Waals surface area contributed by atoms with E-state index in [1.165, 1.54) is 5.69 Å². The smallest absolute Gasteiger partial charge is 0.459 e. The number of ether oxygens (including phenoxy) is 1. The number of rotatable bonds is 5. The van der Waals surface area contributed by atoms with Crippen LogP contribution in [0.15, 0.2) is 24.3 Å². The Kier molecular flexibility index (Phi) is 6.59. The summed E-state index contributed by atoms with van der Waals surface area (Å²) in [6.45, 7) is 20.5. The molecule has 0 saturated carbocycles. The molecule has 3 aliphatic rings. The van der Waals surface area contributed by atoms with E-state index in [0.29, 0.717) is 12.6 Å². The van der Waals surface area contributed by atoms with E-state index >= 15 is 0 Å². The molecule has 0 N–H and O–H groups in total. The van der Waals surface area contributed by atoms with Crippen LogP contribution >= 0.6 is 0 Å². The van der Waals surface area contributed by atoms with E-state index in [2.05, 4.69) is 66.7 Å². The molecular formula is C25H40BN3O4. The van der Waals surface area contributed by atoms with Crippen molar-refractivity contribution in [1.29, 1.82) is 0 Å². The fourth-order valence-electron chi connectivity index (χ4n) is 4.63. The third-order valence-corrected chi connectivity index (χ3v) is 7.32. The van der Waals surface area contributed by atoms with Crippen LogP contribution in [0.3, 0.4) is 0 Å². The molecule has 0 radical (unpaired) electrons. The maximum Gasteiger partial charge on any atom is 0.494 e. The third kappa shape index (κ3) is 5.56. The molecule has 3 fully saturated rings. The first-order valence-corrected chi connectivity index (χ1v) is 12.2. The van der Waals surface area contributed by atoms with Crippen molar-refractivity contribution in [3.05, 3.63) is 24.3 Å². The average Bonchev–Trinajstić information content (AvgIpc) is 2.91. The van der Waals surface area contributed by atoms with Crippen LogP contribution in [0.2, 0.25) is 0 Å². The summed E-state index contributed by atoms with van der Waals surface area (Å²) in [5.41, 5.74) is 1.25. The van der Waals surface area contributed by atoms with Gasteiger partial charge in [0.1, 0.15) is 5.60 Å². The van der Waals surface area contributed by atoms with E-state index in [1.807, 2.05) is 20.8 Å². The number of benzene rings is 1. The van der Waals surface area contributed by atoms with Gasteiger partial charge in [-0.25, -0.2) is 0 Å². The van der Waals surface area contributed by atoms with Crippen LogP contribution in [0.1, 0.15) is 48.5 Å². The summed E-state index contributed by atoms with van der Waals surface area (Å²) >= 11 is 0. The van der Waals surface area contributed by atoms with Gasteiger partial charge in [-0.2, -0.15) is 0 Å². The Balaban J connectivity index is 1.22. The molecular weight excluding hydrogens is 417 g/mol. The van der Waals surface area contributed by atoms with Gasteiger partial charge in [0, 0.05) is 51.0 Å². The highest BCUT2D eigenvalue weighted by molar-refractivity contribution is 6.62. The largest absolute Gasteiger partial charge is 0.494 e. The van der Waals surface area contributed by atoms with Gasteiger partial charge in [-0.1, -0.05) is 12.1 Å². The summed E-state index contributed by atoms with van der Waals surface area (Å²) in [4.78, 5) is 19.2. The second kappa shape index (κ2) is 8.88. The first-order valence-electron chi connectivity index (χ1n) is 12.2. The lowest BCUT2D eigenvalue weighted by Gasteiger charge is -2.48. The molecule has 3 aliphatic heterocycles. The minimum absolute atomic E-state index is 0.130. The lowest BCUT2D eigenvalue weighted by atomic mass is 9.79. The fraction of sp³-hybridized carbons (Fsp3) is 0.720. The summed E-state index contributed by atoms with van der Waals surface area (Å²) in [5, 5.41) is 0. The quantitative estimate of drug-likeness (QED) is 0.496. The normalized spacial score (nSPS) is 24.1. The van der Waals surface area contributed by atoms with E-state index < -0.39 is 5.60 Å². The van der Waals surface area contributed by atoms with Gasteiger partial charge in [-0.3, -0.25) is 14.6 Å². The second-order valence-electron chi connectivity index (χ2n) is 11.6. The first kappa shape index (κ1) is 24.5. The maximum absolute atomic E-state index is 12.0. The molecule has 0 atom stereocenters. The van der Waals surface area contributed by atoms with Gasteiger partial charge in [-0.15, -0.1) is 0 Å². The van der Waals surface area contributed by atoms with Gasteiger partial charge < -0.3 is 18.9 Å². The third-order valence-electron chi connectivity index (χ3n) is 7.32. The SMILES string of the molecule is CC(C)(C)OC(=O)CN1CC(N2CCN(c3ccc(B4OC(C)(C)C(C)(C)O4)cc3)CC2)C1. The summed E-state index contributed by atoms with van der Waals surface area (Å²) in [6.07, 6.45) is 0. The number of hydrogen-bond acceptors (Lipinski definition) is 7. The first-order chi connectivity index (χ1) is 15.3. The predicted octanol–water partition coefficient (Wildman–Crippen LogP) is 2.13. The van der Waals surface area contributed by atoms with Crippen LogP contribution in [0.4, 0.5) is 5.69 Å². The lowest BCUT2D eigenvalue weighted by Crippen LogP contribution is -2.63. The number of esters is 1. The van der Waals surface area contributed by atoms with Crippen molar-refractivity contribution in [2.45, 2.75) is 71.3 Å². The molecule has 3 heterocycles. The van der Waals surface area contributed by atoms with Gasteiger partial charge in [0.2, 0.25) is 0 Å². The van der Waals surface area contributed by atoms with E-state index in [-0.39, 0.29) is 24.3 Å². The zero-order valence-electron chi connectivity index (χ0n) is 21.4. The summed E-state index contributed by atoms with van der Waals surface area (Å²) in [7, 11) is -0.317. The Bertz CT molecular complexity index is 822. The zero-order chi connectivity index (χ0) is 24.0. The van der Waals surface area contributed by atoms with E-state index in [4.69, 9.17) is 14.0 Å². The molecule has 0 aliphatic carbocycles. The molecule has 0 amide bonds. The van der Waals surface area contributed by atoms with Crippen LogP contribution < -0.4 is 10.4 Å². The molecule has 0 aromatic heterocycles. The second-order valence-corrected chi connectivity index (χ2v) is 11.6. The Labute approximate surface area is 199 Å². The molecule has 0 spiro atoms. The summed E-state index contributed by atoms with van der Waals surface area (Å²) < 4.78 is 17.8. The van der Waals surface area contributed by atoms with Crippen molar-refractivity contribution in [3.8, 4) is 0 Å². The van der Waals surface area contributed by atoms with Gasteiger partial charge in [-0.05, 0) is 66.1 Å². The van der Waals surface area contributed by atoms with E-state index in [1.54, 1.807) is 0 Å². The van der Waals surface area contributed by atoms with E-state index in [0.717, 1.165) is 44.7 Å². The summed E-state index contributed by atoms with van der Waals surface area (Å²) in [6, 6.07) is 9.17. The number of likely N-dealkylation sites (tertiary alicyclic amines) is 1. The number of piperazine rings is 1. The molecule has 3 saturated heterocycles. The van der Waals surface area contributed by atoms with Gasteiger partial charge in [0.05, 0.1) is 17.7 Å². The Hall–Kier alpha value is -1.61. The molecule has 1 aromatic rings.